The molecule has 0 saturated carbocycles. The maximum atomic E-state index is 13.4. The van der Waals surface area contributed by atoms with Gasteiger partial charge in [-0.05, 0) is 24.3 Å². The Morgan fingerprint density at radius 2 is 1.94 bits per heavy atom. The fourth-order valence-electron chi connectivity index (χ4n) is 3.04. The molecule has 10 heteroatoms. The lowest BCUT2D eigenvalue weighted by molar-refractivity contribution is -0.151. The molecule has 0 amide bonds. The van der Waals surface area contributed by atoms with E-state index in [0.717, 1.165) is 10.1 Å². The van der Waals surface area contributed by atoms with E-state index in [1.807, 2.05) is 24.3 Å². The summed E-state index contributed by atoms with van der Waals surface area (Å²) < 4.78 is 51.3. The van der Waals surface area contributed by atoms with Crippen LogP contribution in [0.25, 0.3) is 21.6 Å². The monoisotopic (exact) mass is 447 g/mol. The first-order valence-electron chi connectivity index (χ1n) is 9.12. The molecule has 0 saturated heterocycles. The van der Waals surface area contributed by atoms with Gasteiger partial charge in [0.15, 0.2) is 0 Å². The van der Waals surface area contributed by atoms with Crippen molar-refractivity contribution in [1.82, 2.24) is 14.5 Å². The van der Waals surface area contributed by atoms with Crippen molar-refractivity contribution in [3.63, 3.8) is 0 Å². The Hall–Kier alpha value is -3.40. The van der Waals surface area contributed by atoms with E-state index in [2.05, 4.69) is 9.97 Å². The summed E-state index contributed by atoms with van der Waals surface area (Å²) in [4.78, 5) is 20.3. The number of para-hydroxylation sites is 2. The summed E-state index contributed by atoms with van der Waals surface area (Å²) in [5.41, 5.74) is 1.72. The minimum Gasteiger partial charge on any atom is -0.497 e. The number of hydrogen-bond acceptors (Lipinski definition) is 6. The normalized spacial score (nSPS) is 11.6. The molecule has 2 aromatic heterocycles. The Labute approximate surface area is 178 Å². The molecule has 4 rings (SSSR count). The number of thiazole rings is 1. The van der Waals surface area contributed by atoms with Crippen LogP contribution in [-0.2, 0) is 28.9 Å². The number of alkyl halides is 3. The lowest BCUT2D eigenvalue weighted by Crippen LogP contribution is -2.20. The smallest absolute Gasteiger partial charge is 0.449 e. The molecule has 31 heavy (non-hydrogen) atoms. The van der Waals surface area contributed by atoms with Crippen molar-refractivity contribution in [3.8, 4) is 16.3 Å². The van der Waals surface area contributed by atoms with Gasteiger partial charge in [-0.3, -0.25) is 4.79 Å². The van der Waals surface area contributed by atoms with Crippen LogP contribution in [-0.4, -0.2) is 27.6 Å². The number of hydrogen-bond donors (Lipinski definition) is 0. The highest BCUT2D eigenvalue weighted by molar-refractivity contribution is 7.13. The van der Waals surface area contributed by atoms with Gasteiger partial charge in [0.2, 0.25) is 5.82 Å². The van der Waals surface area contributed by atoms with Crippen molar-refractivity contribution in [1.29, 1.82) is 0 Å². The van der Waals surface area contributed by atoms with E-state index in [1.54, 1.807) is 24.6 Å². The predicted octanol–water partition coefficient (Wildman–Crippen LogP) is 4.93. The molecule has 0 aliphatic heterocycles. The minimum absolute atomic E-state index is 0.146. The Kier molecular flexibility index (Phi) is 5.64. The number of ether oxygens (including phenoxy) is 2. The summed E-state index contributed by atoms with van der Waals surface area (Å²) in [5.74, 6) is -1.27. The van der Waals surface area contributed by atoms with Gasteiger partial charge in [-0.15, -0.1) is 11.3 Å². The van der Waals surface area contributed by atoms with E-state index in [0.29, 0.717) is 16.5 Å². The van der Waals surface area contributed by atoms with Crippen LogP contribution >= 0.6 is 11.3 Å². The third-order valence-corrected chi connectivity index (χ3v) is 5.38. The third kappa shape index (κ3) is 4.53. The molecule has 0 spiro atoms. The molecule has 0 N–H and O–H groups in total. The van der Waals surface area contributed by atoms with Crippen LogP contribution in [0, 0.1) is 0 Å². The zero-order chi connectivity index (χ0) is 22.0. The summed E-state index contributed by atoms with van der Waals surface area (Å²) in [6, 6.07) is 13.5. The zero-order valence-corrected chi connectivity index (χ0v) is 17.0. The molecule has 0 aliphatic carbocycles. The average Bonchev–Trinajstić information content (AvgIpc) is 3.37. The summed E-state index contributed by atoms with van der Waals surface area (Å²) >= 11 is 1.36. The molecule has 0 fully saturated rings. The molecule has 2 heterocycles. The van der Waals surface area contributed by atoms with Gasteiger partial charge in [-0.25, -0.2) is 9.97 Å². The zero-order valence-electron chi connectivity index (χ0n) is 16.2. The second-order valence-electron chi connectivity index (χ2n) is 6.54. The van der Waals surface area contributed by atoms with Crippen molar-refractivity contribution in [2.24, 2.45) is 0 Å². The fourth-order valence-corrected chi connectivity index (χ4v) is 3.84. The molecule has 2 aromatic carbocycles. The molecule has 0 radical (unpaired) electrons. The van der Waals surface area contributed by atoms with Gasteiger partial charge in [0, 0.05) is 10.9 Å². The van der Waals surface area contributed by atoms with Crippen LogP contribution in [0.4, 0.5) is 13.2 Å². The topological polar surface area (TPSA) is 66.2 Å². The highest BCUT2D eigenvalue weighted by atomic mass is 32.1. The van der Waals surface area contributed by atoms with Gasteiger partial charge in [0.05, 0.1) is 23.8 Å². The van der Waals surface area contributed by atoms with Crippen LogP contribution < -0.4 is 4.74 Å². The summed E-state index contributed by atoms with van der Waals surface area (Å²) in [5, 5.41) is 2.44. The van der Waals surface area contributed by atoms with Gasteiger partial charge in [0.1, 0.15) is 23.9 Å². The number of imidazole rings is 1. The number of carbonyl (C=O) groups is 1. The Balaban J connectivity index is 1.47. The van der Waals surface area contributed by atoms with Crippen LogP contribution in [0.2, 0.25) is 0 Å². The number of methoxy groups -OCH3 is 1. The standard InChI is InChI=1S/C21H16F3N3O3S/c1-29-15-6-4-5-13(9-15)19-25-14(12-31-19)11-30-18(28)10-27-17-8-3-2-7-16(17)26-20(27)21(22,23)24/h2-9,12H,10-11H2,1H3. The molecule has 0 atom stereocenters. The maximum absolute atomic E-state index is 13.4. The predicted molar refractivity (Wildman–Crippen MR) is 109 cm³/mol. The lowest BCUT2D eigenvalue weighted by atomic mass is 10.2. The van der Waals surface area contributed by atoms with Gasteiger partial charge >= 0.3 is 12.1 Å². The Morgan fingerprint density at radius 1 is 1.13 bits per heavy atom. The van der Waals surface area contributed by atoms with Gasteiger partial charge < -0.3 is 14.0 Å². The summed E-state index contributed by atoms with van der Waals surface area (Å²) in [6.07, 6.45) is -4.69. The number of rotatable bonds is 6. The largest absolute Gasteiger partial charge is 0.497 e. The first-order chi connectivity index (χ1) is 14.8. The SMILES string of the molecule is COc1cccc(-c2nc(COC(=O)Cn3c(C(F)(F)F)nc4ccccc43)cs2)c1. The molecular formula is C21H16F3N3O3S. The maximum Gasteiger partial charge on any atom is 0.449 e. The van der Waals surface area contributed by atoms with Gasteiger partial charge in [-0.1, -0.05) is 24.3 Å². The Bertz CT molecular complexity index is 1230. The number of fused-ring (bicyclic) bond motifs is 1. The third-order valence-electron chi connectivity index (χ3n) is 4.44. The minimum atomic E-state index is -4.69. The van der Waals surface area contributed by atoms with E-state index < -0.39 is 24.5 Å². The van der Waals surface area contributed by atoms with Gasteiger partial charge in [0.25, 0.3) is 0 Å². The van der Waals surface area contributed by atoms with Crippen LogP contribution in [0.5, 0.6) is 5.75 Å². The molecule has 4 aromatic rings. The number of esters is 1. The van der Waals surface area contributed by atoms with E-state index in [9.17, 15) is 18.0 Å². The number of halogens is 3. The molecular weight excluding hydrogens is 431 g/mol. The van der Waals surface area contributed by atoms with Crippen molar-refractivity contribution in [3.05, 3.63) is 65.4 Å². The number of nitrogens with zero attached hydrogens (tertiary/aromatic N) is 3. The van der Waals surface area contributed by atoms with Crippen molar-refractivity contribution >= 4 is 28.3 Å². The number of benzene rings is 2. The number of aromatic nitrogens is 3. The van der Waals surface area contributed by atoms with E-state index in [4.69, 9.17) is 9.47 Å². The number of carbonyl (C=O) groups excluding carboxylic acids is 1. The molecule has 0 bridgehead atoms. The van der Waals surface area contributed by atoms with Gasteiger partial charge in [-0.2, -0.15) is 13.2 Å². The van der Waals surface area contributed by atoms with Crippen LogP contribution in [0.1, 0.15) is 11.5 Å². The van der Waals surface area contributed by atoms with Crippen molar-refractivity contribution < 1.29 is 27.4 Å². The second kappa shape index (κ2) is 8.38. The molecule has 0 unspecified atom stereocenters. The van der Waals surface area contributed by atoms with Crippen LogP contribution in [0.3, 0.4) is 0 Å². The summed E-state index contributed by atoms with van der Waals surface area (Å²) in [6.45, 7) is -0.754. The highest BCUT2D eigenvalue weighted by Gasteiger charge is 2.38. The fraction of sp³-hybridized carbons (Fsp3) is 0.190. The molecule has 6 nitrogen and oxygen atoms in total. The van der Waals surface area contributed by atoms with E-state index >= 15 is 0 Å². The highest BCUT2D eigenvalue weighted by Crippen LogP contribution is 2.31. The first kappa shape index (κ1) is 20.9. The van der Waals surface area contributed by atoms with E-state index in [1.165, 1.54) is 23.5 Å². The molecule has 0 aliphatic rings. The quantitative estimate of drug-likeness (QED) is 0.392. The lowest BCUT2D eigenvalue weighted by Gasteiger charge is -2.11. The van der Waals surface area contributed by atoms with Crippen molar-refractivity contribution in [2.45, 2.75) is 19.3 Å². The summed E-state index contributed by atoms with van der Waals surface area (Å²) in [7, 11) is 1.57. The average molecular weight is 447 g/mol. The first-order valence-corrected chi connectivity index (χ1v) is 10.00. The van der Waals surface area contributed by atoms with Crippen molar-refractivity contribution in [2.75, 3.05) is 7.11 Å². The van der Waals surface area contributed by atoms with E-state index in [-0.39, 0.29) is 17.6 Å². The van der Waals surface area contributed by atoms with Crippen LogP contribution in [0.15, 0.2) is 53.9 Å². The second-order valence-corrected chi connectivity index (χ2v) is 7.40. The Morgan fingerprint density at radius 3 is 2.71 bits per heavy atom. The molecule has 160 valence electrons.